The summed E-state index contributed by atoms with van der Waals surface area (Å²) in [6.07, 6.45) is 0. The number of para-hydroxylation sites is 1. The average molecular weight is 436 g/mol. The summed E-state index contributed by atoms with van der Waals surface area (Å²) >= 11 is 24.1. The van der Waals surface area contributed by atoms with Crippen LogP contribution in [0, 0.1) is 0 Å². The molecule has 138 valence electrons. The van der Waals surface area contributed by atoms with Crippen molar-refractivity contribution in [1.29, 1.82) is 0 Å². The third-order valence-corrected chi connectivity index (χ3v) is 5.54. The Bertz CT molecular complexity index is 860. The Morgan fingerprint density at radius 3 is 2.58 bits per heavy atom. The number of hydrogen-bond acceptors (Lipinski definition) is 4. The summed E-state index contributed by atoms with van der Waals surface area (Å²) in [5.41, 5.74) is 0.773. The van der Waals surface area contributed by atoms with E-state index in [9.17, 15) is 4.79 Å². The van der Waals surface area contributed by atoms with Gasteiger partial charge in [-0.15, -0.1) is 0 Å². The number of nitrogens with zero attached hydrogens (tertiary/aromatic N) is 2. The molecule has 1 amide bonds. The Balaban J connectivity index is 1.92. The third-order valence-electron chi connectivity index (χ3n) is 3.86. The molecule has 2 heterocycles. The molecule has 2 aromatic rings. The highest BCUT2D eigenvalue weighted by molar-refractivity contribution is 6.52. The lowest BCUT2D eigenvalue weighted by molar-refractivity contribution is 0.0743. The number of halogens is 4. The van der Waals surface area contributed by atoms with Crippen LogP contribution in [-0.4, -0.2) is 35.5 Å². The molecule has 26 heavy (non-hydrogen) atoms. The van der Waals surface area contributed by atoms with Crippen molar-refractivity contribution in [2.75, 3.05) is 19.8 Å². The number of amides is 1. The van der Waals surface area contributed by atoms with Crippen molar-refractivity contribution in [2.24, 2.45) is 0 Å². The van der Waals surface area contributed by atoms with Crippen LogP contribution in [0.2, 0.25) is 20.2 Å². The zero-order chi connectivity index (χ0) is 18.8. The first-order chi connectivity index (χ1) is 12.4. The molecule has 0 spiro atoms. The molecule has 0 radical (unpaired) electrons. The molecule has 0 bridgehead atoms. The molecule has 9 heteroatoms. The van der Waals surface area contributed by atoms with Gasteiger partial charge in [-0.05, 0) is 13.0 Å². The van der Waals surface area contributed by atoms with Gasteiger partial charge in [0.05, 0.1) is 15.1 Å². The SMILES string of the molecule is CCN(Cc1cccc2c1OCCO2)C(=O)c1nc(Cl)c(Cl)c(Cl)c1Cl. The minimum atomic E-state index is -0.410. The predicted octanol–water partition coefficient (Wildman–Crippen LogP) is 5.13. The van der Waals surface area contributed by atoms with E-state index in [1.807, 2.05) is 25.1 Å². The Hall–Kier alpha value is -1.40. The van der Waals surface area contributed by atoms with Crippen molar-refractivity contribution in [3.05, 3.63) is 49.7 Å². The monoisotopic (exact) mass is 434 g/mol. The predicted molar refractivity (Wildman–Crippen MR) is 102 cm³/mol. The van der Waals surface area contributed by atoms with Gasteiger partial charge < -0.3 is 14.4 Å². The summed E-state index contributed by atoms with van der Waals surface area (Å²) in [5, 5.41) is -0.0874. The van der Waals surface area contributed by atoms with Gasteiger partial charge in [-0.25, -0.2) is 4.98 Å². The van der Waals surface area contributed by atoms with Crippen LogP contribution in [0.1, 0.15) is 23.0 Å². The smallest absolute Gasteiger partial charge is 0.274 e. The average Bonchev–Trinajstić information content (AvgIpc) is 2.66. The quantitative estimate of drug-likeness (QED) is 0.624. The molecular formula is C17H14Cl4N2O3. The number of rotatable bonds is 4. The Morgan fingerprint density at radius 1 is 1.12 bits per heavy atom. The fourth-order valence-corrected chi connectivity index (χ4v) is 3.38. The first-order valence-electron chi connectivity index (χ1n) is 7.80. The van der Waals surface area contributed by atoms with Crippen LogP contribution < -0.4 is 9.47 Å². The zero-order valence-corrected chi connectivity index (χ0v) is 16.7. The van der Waals surface area contributed by atoms with Gasteiger partial charge in [-0.1, -0.05) is 58.5 Å². The summed E-state index contributed by atoms with van der Waals surface area (Å²) in [6, 6.07) is 5.55. The second-order valence-corrected chi connectivity index (χ2v) is 6.95. The zero-order valence-electron chi connectivity index (χ0n) is 13.7. The molecule has 1 aromatic heterocycles. The molecule has 1 aromatic carbocycles. The number of benzene rings is 1. The van der Waals surface area contributed by atoms with E-state index in [-0.39, 0.29) is 32.5 Å². The van der Waals surface area contributed by atoms with Crippen molar-refractivity contribution in [1.82, 2.24) is 9.88 Å². The molecule has 0 saturated heterocycles. The Kier molecular flexibility index (Phi) is 6.03. The largest absolute Gasteiger partial charge is 0.486 e. The van der Waals surface area contributed by atoms with E-state index in [0.29, 0.717) is 31.3 Å². The molecule has 0 N–H and O–H groups in total. The van der Waals surface area contributed by atoms with E-state index < -0.39 is 5.91 Å². The van der Waals surface area contributed by atoms with Crippen molar-refractivity contribution in [2.45, 2.75) is 13.5 Å². The van der Waals surface area contributed by atoms with Gasteiger partial charge in [0.15, 0.2) is 11.5 Å². The van der Waals surface area contributed by atoms with Crippen molar-refractivity contribution in [3.63, 3.8) is 0 Å². The van der Waals surface area contributed by atoms with Crippen molar-refractivity contribution < 1.29 is 14.3 Å². The number of carbonyl (C=O) groups excluding carboxylic acids is 1. The number of ether oxygens (including phenoxy) is 2. The minimum Gasteiger partial charge on any atom is -0.486 e. The lowest BCUT2D eigenvalue weighted by atomic mass is 10.1. The molecule has 0 unspecified atom stereocenters. The first kappa shape index (κ1) is 19.4. The normalized spacial score (nSPS) is 12.8. The van der Waals surface area contributed by atoms with Crippen LogP contribution in [-0.2, 0) is 6.54 Å². The number of carbonyl (C=O) groups is 1. The standard InChI is InChI=1S/C17H14Cl4N2O3/c1-2-23(8-9-4-3-5-10-15(9)26-7-6-25-10)17(24)14-12(19)11(18)13(20)16(21)22-14/h3-5H,2,6-8H2,1H3. The van der Waals surface area contributed by atoms with E-state index >= 15 is 0 Å². The minimum absolute atomic E-state index is 0.00144. The number of pyridine rings is 1. The first-order valence-corrected chi connectivity index (χ1v) is 9.32. The van der Waals surface area contributed by atoms with Crippen LogP contribution in [0.15, 0.2) is 18.2 Å². The fraction of sp³-hybridized carbons (Fsp3) is 0.294. The van der Waals surface area contributed by atoms with Crippen LogP contribution in [0.3, 0.4) is 0 Å². The maximum atomic E-state index is 12.9. The summed E-state index contributed by atoms with van der Waals surface area (Å²) in [7, 11) is 0. The van der Waals surface area contributed by atoms with Gasteiger partial charge in [0.1, 0.15) is 24.1 Å². The van der Waals surface area contributed by atoms with Crippen LogP contribution in [0.5, 0.6) is 11.5 Å². The topological polar surface area (TPSA) is 51.7 Å². The summed E-state index contributed by atoms with van der Waals surface area (Å²) in [4.78, 5) is 18.5. The van der Waals surface area contributed by atoms with Gasteiger partial charge in [0.25, 0.3) is 5.91 Å². The van der Waals surface area contributed by atoms with Gasteiger partial charge in [-0.3, -0.25) is 4.79 Å². The lowest BCUT2D eigenvalue weighted by Gasteiger charge is -2.25. The fourth-order valence-electron chi connectivity index (χ4n) is 2.57. The molecule has 0 fully saturated rings. The van der Waals surface area contributed by atoms with Crippen LogP contribution >= 0.6 is 46.4 Å². The highest BCUT2D eigenvalue weighted by atomic mass is 35.5. The van der Waals surface area contributed by atoms with Gasteiger partial charge in [0, 0.05) is 18.7 Å². The number of hydrogen-bond donors (Lipinski definition) is 0. The summed E-state index contributed by atoms with van der Waals surface area (Å²) in [5.74, 6) is 0.884. The van der Waals surface area contributed by atoms with E-state index in [0.717, 1.165) is 5.56 Å². The second-order valence-electron chi connectivity index (χ2n) is 5.45. The van der Waals surface area contributed by atoms with E-state index in [1.165, 1.54) is 0 Å². The highest BCUT2D eigenvalue weighted by Crippen LogP contribution is 2.37. The Morgan fingerprint density at radius 2 is 1.85 bits per heavy atom. The molecule has 0 atom stereocenters. The van der Waals surface area contributed by atoms with Crippen LogP contribution in [0.4, 0.5) is 0 Å². The second kappa shape index (κ2) is 8.09. The van der Waals surface area contributed by atoms with E-state index in [1.54, 1.807) is 4.90 Å². The van der Waals surface area contributed by atoms with Crippen molar-refractivity contribution >= 4 is 52.3 Å². The van der Waals surface area contributed by atoms with Crippen molar-refractivity contribution in [3.8, 4) is 11.5 Å². The molecule has 1 aliphatic heterocycles. The maximum absolute atomic E-state index is 12.9. The van der Waals surface area contributed by atoms with E-state index in [2.05, 4.69) is 4.98 Å². The number of fused-ring (bicyclic) bond motifs is 1. The van der Waals surface area contributed by atoms with E-state index in [4.69, 9.17) is 55.9 Å². The summed E-state index contributed by atoms with van der Waals surface area (Å²) in [6.45, 7) is 3.50. The maximum Gasteiger partial charge on any atom is 0.274 e. The molecule has 5 nitrogen and oxygen atoms in total. The number of aromatic nitrogens is 1. The van der Waals surface area contributed by atoms with Gasteiger partial charge in [-0.2, -0.15) is 0 Å². The Labute approximate surface area is 170 Å². The molecule has 3 rings (SSSR count). The summed E-state index contributed by atoms with van der Waals surface area (Å²) < 4.78 is 11.3. The van der Waals surface area contributed by atoms with Gasteiger partial charge in [0.2, 0.25) is 0 Å². The van der Waals surface area contributed by atoms with Gasteiger partial charge >= 0.3 is 0 Å². The lowest BCUT2D eigenvalue weighted by Crippen LogP contribution is -2.32. The molecule has 0 saturated carbocycles. The third kappa shape index (κ3) is 3.67. The highest BCUT2D eigenvalue weighted by Gasteiger charge is 2.25. The molecule has 0 aliphatic carbocycles. The van der Waals surface area contributed by atoms with Crippen LogP contribution in [0.25, 0.3) is 0 Å². The molecular weight excluding hydrogens is 422 g/mol. The molecule has 1 aliphatic rings.